The van der Waals surface area contributed by atoms with Gasteiger partial charge in [-0.2, -0.15) is 5.10 Å². The molecule has 0 bridgehead atoms. The van der Waals surface area contributed by atoms with E-state index in [0.717, 1.165) is 39.5 Å². The highest BCUT2D eigenvalue weighted by Gasteiger charge is 2.27. The molecule has 1 aliphatic rings. The molecule has 0 radical (unpaired) electrons. The second kappa shape index (κ2) is 10.2. The van der Waals surface area contributed by atoms with Crippen LogP contribution < -0.4 is 15.5 Å². The third kappa shape index (κ3) is 5.34. The summed E-state index contributed by atoms with van der Waals surface area (Å²) >= 11 is 1.16. The number of non-ortho nitro benzene ring substituents is 1. The van der Waals surface area contributed by atoms with Gasteiger partial charge in [0.05, 0.1) is 16.3 Å². The minimum atomic E-state index is -0.507. The highest BCUT2D eigenvalue weighted by Crippen LogP contribution is 2.36. The largest absolute Gasteiger partial charge is 0.485 e. The second-order valence-electron chi connectivity index (χ2n) is 8.59. The molecule has 0 fully saturated rings. The van der Waals surface area contributed by atoms with Crippen molar-refractivity contribution in [3.8, 4) is 5.75 Å². The van der Waals surface area contributed by atoms with Crippen molar-refractivity contribution in [2.45, 2.75) is 26.4 Å². The van der Waals surface area contributed by atoms with E-state index < -0.39 is 10.8 Å². The van der Waals surface area contributed by atoms with Crippen LogP contribution in [0.5, 0.6) is 5.75 Å². The van der Waals surface area contributed by atoms with E-state index >= 15 is 0 Å². The molecular formula is C27H23N5O4S. The summed E-state index contributed by atoms with van der Waals surface area (Å²) in [5.41, 5.74) is 7.69. The van der Waals surface area contributed by atoms with E-state index in [4.69, 9.17) is 4.74 Å². The van der Waals surface area contributed by atoms with Crippen LogP contribution in [-0.2, 0) is 0 Å². The molecule has 0 spiro atoms. The van der Waals surface area contributed by atoms with Crippen LogP contribution >= 0.6 is 11.3 Å². The molecule has 1 aromatic heterocycles. The lowest BCUT2D eigenvalue weighted by Gasteiger charge is -2.27. The number of anilines is 2. The summed E-state index contributed by atoms with van der Waals surface area (Å²) in [7, 11) is 0. The number of aromatic nitrogens is 1. The van der Waals surface area contributed by atoms with Gasteiger partial charge in [0.15, 0.2) is 0 Å². The standard InChI is InChI=1S/C27H23N5O4S/c1-16-11-12-23-21(13-16)22(15-24(36-23)18-7-4-3-5-8-18)30-31-27-28-17(2)25(37-27)26(33)29-19-9-6-10-20(14-19)32(34)35/h3-14,24H,15H2,1-2H3,(H,28,31)(H,29,33)/b30-22+. The number of nitro groups is 1. The molecule has 1 atom stereocenters. The molecule has 0 aliphatic carbocycles. The molecule has 37 heavy (non-hydrogen) atoms. The van der Waals surface area contributed by atoms with E-state index in [1.807, 2.05) is 55.5 Å². The Morgan fingerprint density at radius 2 is 1.92 bits per heavy atom. The Balaban J connectivity index is 1.37. The number of nitrogens with one attached hydrogen (secondary N) is 2. The molecule has 1 amide bonds. The molecule has 0 saturated carbocycles. The molecular weight excluding hydrogens is 490 g/mol. The van der Waals surface area contributed by atoms with Gasteiger partial charge in [-0.1, -0.05) is 59.4 Å². The van der Waals surface area contributed by atoms with Gasteiger partial charge in [-0.25, -0.2) is 4.98 Å². The highest BCUT2D eigenvalue weighted by atomic mass is 32.1. The average Bonchev–Trinajstić information content (AvgIpc) is 3.28. The van der Waals surface area contributed by atoms with Crippen molar-refractivity contribution >= 4 is 39.5 Å². The first-order valence-corrected chi connectivity index (χ1v) is 12.4. The Morgan fingerprint density at radius 1 is 1.11 bits per heavy atom. The SMILES string of the molecule is Cc1ccc2c(c1)/C(=N/Nc1nc(C)c(C(=O)Nc3cccc([N+](=O)[O-])c3)s1)CC(c1ccccc1)O2. The normalized spacial score (nSPS) is 15.5. The second-order valence-corrected chi connectivity index (χ2v) is 9.59. The number of hydrogen-bond acceptors (Lipinski definition) is 8. The average molecular weight is 514 g/mol. The molecule has 10 heteroatoms. The Labute approximate surface area is 217 Å². The lowest BCUT2D eigenvalue weighted by atomic mass is 9.94. The first-order chi connectivity index (χ1) is 17.9. The van der Waals surface area contributed by atoms with Crippen LogP contribution in [0.4, 0.5) is 16.5 Å². The van der Waals surface area contributed by atoms with Crippen molar-refractivity contribution in [1.29, 1.82) is 0 Å². The number of ether oxygens (including phenoxy) is 1. The lowest BCUT2D eigenvalue weighted by Crippen LogP contribution is -2.22. The van der Waals surface area contributed by atoms with Crippen LogP contribution in [0.2, 0.25) is 0 Å². The number of carbonyl (C=O) groups excluding carboxylic acids is 1. The van der Waals surface area contributed by atoms with E-state index in [1.165, 1.54) is 18.2 Å². The molecule has 4 aromatic rings. The molecule has 0 saturated heterocycles. The molecule has 186 valence electrons. The first kappa shape index (κ1) is 24.1. The zero-order valence-corrected chi connectivity index (χ0v) is 20.9. The van der Waals surface area contributed by atoms with E-state index in [0.29, 0.717) is 27.8 Å². The van der Waals surface area contributed by atoms with Gasteiger partial charge in [-0.15, -0.1) is 0 Å². The zero-order valence-electron chi connectivity index (χ0n) is 20.1. The van der Waals surface area contributed by atoms with E-state index in [9.17, 15) is 14.9 Å². The van der Waals surface area contributed by atoms with Crippen LogP contribution in [0.1, 0.15) is 44.6 Å². The number of hydrazone groups is 1. The maximum atomic E-state index is 12.8. The van der Waals surface area contributed by atoms with Gasteiger partial charge in [0.25, 0.3) is 11.6 Å². The zero-order chi connectivity index (χ0) is 25.9. The number of thiazole rings is 1. The number of carbonyl (C=O) groups is 1. The number of hydrogen-bond donors (Lipinski definition) is 2. The fourth-order valence-electron chi connectivity index (χ4n) is 4.07. The number of aryl methyl sites for hydroxylation is 2. The molecule has 1 unspecified atom stereocenters. The molecule has 5 rings (SSSR count). The molecule has 3 aromatic carbocycles. The lowest BCUT2D eigenvalue weighted by molar-refractivity contribution is -0.384. The number of nitro benzene ring substituents is 1. The number of nitrogens with zero attached hydrogens (tertiary/aromatic N) is 3. The van der Waals surface area contributed by atoms with Crippen molar-refractivity contribution < 1.29 is 14.5 Å². The fraction of sp³-hybridized carbons (Fsp3) is 0.148. The summed E-state index contributed by atoms with van der Waals surface area (Å²) in [5, 5.41) is 18.9. The predicted molar refractivity (Wildman–Crippen MR) is 144 cm³/mol. The van der Waals surface area contributed by atoms with Gasteiger partial charge in [0.2, 0.25) is 5.13 Å². The van der Waals surface area contributed by atoms with Gasteiger partial charge in [0, 0.05) is 29.8 Å². The monoisotopic (exact) mass is 513 g/mol. The Bertz CT molecular complexity index is 1520. The maximum absolute atomic E-state index is 12.8. The number of amides is 1. The highest BCUT2D eigenvalue weighted by molar-refractivity contribution is 7.17. The third-order valence-electron chi connectivity index (χ3n) is 5.87. The number of benzene rings is 3. The Morgan fingerprint density at radius 3 is 2.70 bits per heavy atom. The third-order valence-corrected chi connectivity index (χ3v) is 6.93. The van der Waals surface area contributed by atoms with Crippen molar-refractivity contribution in [3.05, 3.63) is 110 Å². The smallest absolute Gasteiger partial charge is 0.271 e. The summed E-state index contributed by atoms with van der Waals surface area (Å²) in [6, 6.07) is 21.8. The summed E-state index contributed by atoms with van der Waals surface area (Å²) in [6.07, 6.45) is 0.393. The minimum Gasteiger partial charge on any atom is -0.485 e. The van der Waals surface area contributed by atoms with E-state index in [-0.39, 0.29) is 11.8 Å². The van der Waals surface area contributed by atoms with Gasteiger partial charge in [-0.05, 0) is 37.6 Å². The summed E-state index contributed by atoms with van der Waals surface area (Å²) in [4.78, 5) is 28.2. The van der Waals surface area contributed by atoms with Gasteiger partial charge in [0.1, 0.15) is 16.7 Å². The Kier molecular flexibility index (Phi) is 6.65. The van der Waals surface area contributed by atoms with Gasteiger partial charge in [-0.3, -0.25) is 20.3 Å². The van der Waals surface area contributed by atoms with Crippen molar-refractivity contribution in [2.24, 2.45) is 5.10 Å². The maximum Gasteiger partial charge on any atom is 0.271 e. The van der Waals surface area contributed by atoms with Crippen LogP contribution in [0, 0.1) is 24.0 Å². The van der Waals surface area contributed by atoms with Gasteiger partial charge < -0.3 is 10.1 Å². The minimum absolute atomic E-state index is 0.0993. The summed E-state index contributed by atoms with van der Waals surface area (Å²) < 4.78 is 6.27. The Hall–Kier alpha value is -4.57. The van der Waals surface area contributed by atoms with Crippen molar-refractivity contribution in [1.82, 2.24) is 4.98 Å². The first-order valence-electron chi connectivity index (χ1n) is 11.6. The number of fused-ring (bicyclic) bond motifs is 1. The van der Waals surface area contributed by atoms with E-state index in [2.05, 4.69) is 20.8 Å². The predicted octanol–water partition coefficient (Wildman–Crippen LogP) is 6.26. The molecule has 9 nitrogen and oxygen atoms in total. The fourth-order valence-corrected chi connectivity index (χ4v) is 4.87. The van der Waals surface area contributed by atoms with Crippen molar-refractivity contribution in [3.63, 3.8) is 0 Å². The van der Waals surface area contributed by atoms with Crippen LogP contribution in [0.15, 0.2) is 77.9 Å². The van der Waals surface area contributed by atoms with Crippen molar-refractivity contribution in [2.75, 3.05) is 10.7 Å². The van der Waals surface area contributed by atoms with E-state index in [1.54, 1.807) is 13.0 Å². The molecule has 1 aliphatic heterocycles. The number of rotatable bonds is 6. The molecule has 2 N–H and O–H groups in total. The summed E-state index contributed by atoms with van der Waals surface area (Å²) in [5.74, 6) is 0.367. The summed E-state index contributed by atoms with van der Waals surface area (Å²) in [6.45, 7) is 3.75. The molecule has 2 heterocycles. The van der Waals surface area contributed by atoms with Crippen LogP contribution in [0.25, 0.3) is 0 Å². The topological polar surface area (TPSA) is 119 Å². The van der Waals surface area contributed by atoms with Gasteiger partial charge >= 0.3 is 0 Å². The quantitative estimate of drug-likeness (QED) is 0.232. The van der Waals surface area contributed by atoms with Crippen LogP contribution in [0.3, 0.4) is 0 Å². The van der Waals surface area contributed by atoms with Crippen LogP contribution in [-0.4, -0.2) is 21.5 Å².